The highest BCUT2D eigenvalue weighted by atomic mass is 79.9. The Kier molecular flexibility index (Phi) is 4.63. The highest BCUT2D eigenvalue weighted by Crippen LogP contribution is 2.34. The van der Waals surface area contributed by atoms with Gasteiger partial charge in [-0.1, -0.05) is 36.7 Å². The second-order valence-electron chi connectivity index (χ2n) is 5.50. The topological polar surface area (TPSA) is 20.3 Å². The van der Waals surface area contributed by atoms with Gasteiger partial charge < -0.3 is 4.90 Å². The lowest BCUT2D eigenvalue weighted by Gasteiger charge is -2.26. The molecule has 1 unspecified atom stereocenters. The van der Waals surface area contributed by atoms with Crippen molar-refractivity contribution >= 4 is 21.8 Å². The van der Waals surface area contributed by atoms with Crippen molar-refractivity contribution in [3.05, 3.63) is 0 Å². The highest BCUT2D eigenvalue weighted by molar-refractivity contribution is 9.09. The highest BCUT2D eigenvalue weighted by Gasteiger charge is 2.36. The first-order valence-electron chi connectivity index (χ1n) is 5.79. The Morgan fingerprint density at radius 1 is 1.40 bits per heavy atom. The Labute approximate surface area is 102 Å². The molecule has 0 aliphatic carbocycles. The lowest BCUT2D eigenvalue weighted by atomic mass is 9.80. The second kappa shape index (κ2) is 5.33. The van der Waals surface area contributed by atoms with Crippen molar-refractivity contribution in [2.45, 2.75) is 40.0 Å². The largest absolute Gasteiger partial charge is 0.342 e. The number of amides is 1. The van der Waals surface area contributed by atoms with Crippen LogP contribution in [0.25, 0.3) is 0 Å². The first-order chi connectivity index (χ1) is 6.95. The minimum absolute atomic E-state index is 0.264. The Morgan fingerprint density at radius 3 is 2.53 bits per heavy atom. The number of carbonyl (C=O) groups is 1. The normalized spacial score (nSPS) is 22.5. The molecule has 0 radical (unpaired) electrons. The van der Waals surface area contributed by atoms with Crippen LogP contribution in [0.3, 0.4) is 0 Å². The van der Waals surface area contributed by atoms with Gasteiger partial charge >= 0.3 is 0 Å². The fourth-order valence-electron chi connectivity index (χ4n) is 1.97. The number of hydrogen-bond donors (Lipinski definition) is 0. The van der Waals surface area contributed by atoms with Crippen molar-refractivity contribution in [1.82, 2.24) is 4.90 Å². The van der Waals surface area contributed by atoms with Crippen LogP contribution in [-0.2, 0) is 4.79 Å². The fourth-order valence-corrected chi connectivity index (χ4v) is 2.36. The molecule has 0 aromatic carbocycles. The Morgan fingerprint density at radius 2 is 2.07 bits per heavy atom. The quantitative estimate of drug-likeness (QED) is 0.571. The molecule has 1 atom stereocenters. The first-order valence-corrected chi connectivity index (χ1v) is 6.91. The van der Waals surface area contributed by atoms with E-state index in [-0.39, 0.29) is 5.41 Å². The SMILES string of the molecule is CC(C)(C)C1CC(=O)N(CCCCBr)C1. The van der Waals surface area contributed by atoms with Crippen molar-refractivity contribution in [2.24, 2.45) is 11.3 Å². The zero-order valence-electron chi connectivity index (χ0n) is 10.1. The van der Waals surface area contributed by atoms with Gasteiger partial charge in [-0.15, -0.1) is 0 Å². The summed E-state index contributed by atoms with van der Waals surface area (Å²) in [6, 6.07) is 0. The number of likely N-dealkylation sites (tertiary alicyclic amines) is 1. The third-order valence-corrected chi connectivity index (χ3v) is 3.81. The maximum atomic E-state index is 11.7. The van der Waals surface area contributed by atoms with Crippen molar-refractivity contribution < 1.29 is 4.79 Å². The fraction of sp³-hybridized carbons (Fsp3) is 0.917. The predicted octanol–water partition coefficient (Wildman–Crippen LogP) is 3.06. The number of hydrogen-bond acceptors (Lipinski definition) is 1. The summed E-state index contributed by atoms with van der Waals surface area (Å²) in [5.74, 6) is 0.887. The van der Waals surface area contributed by atoms with Gasteiger partial charge in [-0.25, -0.2) is 0 Å². The number of halogens is 1. The molecule has 1 aliphatic rings. The summed E-state index contributed by atoms with van der Waals surface area (Å²) in [6.07, 6.45) is 3.02. The molecule has 1 heterocycles. The summed E-state index contributed by atoms with van der Waals surface area (Å²) in [4.78, 5) is 13.8. The average Bonchev–Trinajstić information content (AvgIpc) is 2.48. The number of nitrogens with zero attached hydrogens (tertiary/aromatic N) is 1. The van der Waals surface area contributed by atoms with E-state index in [4.69, 9.17) is 0 Å². The molecular weight excluding hydrogens is 254 g/mol. The van der Waals surface area contributed by atoms with E-state index in [0.29, 0.717) is 11.8 Å². The average molecular weight is 276 g/mol. The predicted molar refractivity (Wildman–Crippen MR) is 67.2 cm³/mol. The number of alkyl halides is 1. The standard InChI is InChI=1S/C12H22BrNO/c1-12(2,3)10-8-11(15)14(9-10)7-5-4-6-13/h10H,4-9H2,1-3H3. The van der Waals surface area contributed by atoms with Crippen LogP contribution in [0.2, 0.25) is 0 Å². The monoisotopic (exact) mass is 275 g/mol. The molecule has 0 spiro atoms. The van der Waals surface area contributed by atoms with Crippen LogP contribution in [0, 0.1) is 11.3 Å². The van der Waals surface area contributed by atoms with Gasteiger partial charge in [-0.2, -0.15) is 0 Å². The van der Waals surface area contributed by atoms with Crippen molar-refractivity contribution in [1.29, 1.82) is 0 Å². The van der Waals surface area contributed by atoms with E-state index in [1.54, 1.807) is 0 Å². The molecule has 0 saturated carbocycles. The molecular formula is C12H22BrNO. The minimum Gasteiger partial charge on any atom is -0.342 e. The maximum absolute atomic E-state index is 11.7. The molecule has 15 heavy (non-hydrogen) atoms. The summed E-state index contributed by atoms with van der Waals surface area (Å²) >= 11 is 3.41. The van der Waals surface area contributed by atoms with Crippen LogP contribution in [0.1, 0.15) is 40.0 Å². The van der Waals surface area contributed by atoms with Crippen LogP contribution >= 0.6 is 15.9 Å². The molecule has 0 bridgehead atoms. The van der Waals surface area contributed by atoms with Crippen LogP contribution < -0.4 is 0 Å². The van der Waals surface area contributed by atoms with Gasteiger partial charge in [0.2, 0.25) is 5.91 Å². The first kappa shape index (κ1) is 13.0. The zero-order chi connectivity index (χ0) is 11.5. The van der Waals surface area contributed by atoms with Crippen molar-refractivity contribution in [2.75, 3.05) is 18.4 Å². The van der Waals surface area contributed by atoms with Gasteiger partial charge in [0.1, 0.15) is 0 Å². The maximum Gasteiger partial charge on any atom is 0.222 e. The third kappa shape index (κ3) is 3.78. The summed E-state index contributed by atoms with van der Waals surface area (Å²) in [7, 11) is 0. The molecule has 1 aliphatic heterocycles. The third-order valence-electron chi connectivity index (χ3n) is 3.25. The van der Waals surface area contributed by atoms with Gasteiger partial charge in [0.15, 0.2) is 0 Å². The number of carbonyl (C=O) groups excluding carboxylic acids is 1. The molecule has 1 amide bonds. The van der Waals surface area contributed by atoms with E-state index in [1.165, 1.54) is 0 Å². The van der Waals surface area contributed by atoms with Crippen LogP contribution in [0.4, 0.5) is 0 Å². The van der Waals surface area contributed by atoms with E-state index in [2.05, 4.69) is 36.7 Å². The Bertz CT molecular complexity index is 222. The molecule has 3 heteroatoms. The lowest BCUT2D eigenvalue weighted by molar-refractivity contribution is -0.127. The number of unbranched alkanes of at least 4 members (excludes halogenated alkanes) is 1. The van der Waals surface area contributed by atoms with Crippen LogP contribution in [0.15, 0.2) is 0 Å². The van der Waals surface area contributed by atoms with E-state index in [1.807, 2.05) is 4.90 Å². The molecule has 1 fully saturated rings. The minimum atomic E-state index is 0.264. The zero-order valence-corrected chi connectivity index (χ0v) is 11.6. The summed E-state index contributed by atoms with van der Waals surface area (Å²) in [5, 5.41) is 1.04. The van der Waals surface area contributed by atoms with E-state index >= 15 is 0 Å². The second-order valence-corrected chi connectivity index (χ2v) is 6.30. The lowest BCUT2D eigenvalue weighted by Crippen LogP contribution is -2.28. The van der Waals surface area contributed by atoms with Gasteiger partial charge in [0.05, 0.1) is 0 Å². The van der Waals surface area contributed by atoms with Gasteiger partial charge in [-0.05, 0) is 24.2 Å². The summed E-state index contributed by atoms with van der Waals surface area (Å²) in [5.41, 5.74) is 0.264. The van der Waals surface area contributed by atoms with E-state index in [9.17, 15) is 4.79 Å². The molecule has 0 N–H and O–H groups in total. The van der Waals surface area contributed by atoms with E-state index in [0.717, 1.165) is 37.7 Å². The van der Waals surface area contributed by atoms with Gasteiger partial charge in [0, 0.05) is 24.8 Å². The number of rotatable bonds is 4. The van der Waals surface area contributed by atoms with Crippen LogP contribution in [0.5, 0.6) is 0 Å². The molecule has 2 nitrogen and oxygen atoms in total. The molecule has 0 aromatic heterocycles. The summed E-state index contributed by atoms with van der Waals surface area (Å²) < 4.78 is 0. The van der Waals surface area contributed by atoms with Crippen molar-refractivity contribution in [3.63, 3.8) is 0 Å². The molecule has 88 valence electrons. The van der Waals surface area contributed by atoms with Gasteiger partial charge in [-0.3, -0.25) is 4.79 Å². The Hall–Kier alpha value is -0.0500. The molecule has 1 rings (SSSR count). The molecule has 1 saturated heterocycles. The smallest absolute Gasteiger partial charge is 0.222 e. The molecule has 0 aromatic rings. The summed E-state index contributed by atoms with van der Waals surface area (Å²) in [6.45, 7) is 8.59. The Balaban J connectivity index is 2.39. The van der Waals surface area contributed by atoms with Crippen LogP contribution in [-0.4, -0.2) is 29.2 Å². The van der Waals surface area contributed by atoms with E-state index < -0.39 is 0 Å². The van der Waals surface area contributed by atoms with Crippen molar-refractivity contribution in [3.8, 4) is 0 Å². The van der Waals surface area contributed by atoms with Gasteiger partial charge in [0.25, 0.3) is 0 Å².